The van der Waals surface area contributed by atoms with E-state index in [0.717, 1.165) is 18.4 Å². The van der Waals surface area contributed by atoms with Crippen molar-refractivity contribution >= 4 is 0 Å². The van der Waals surface area contributed by atoms with Crippen molar-refractivity contribution in [3.63, 3.8) is 0 Å². The second-order valence-electron chi connectivity index (χ2n) is 8.47. The smallest absolute Gasteiger partial charge is 0.00204 e. The van der Waals surface area contributed by atoms with Gasteiger partial charge in [-0.1, -0.05) is 60.3 Å². The van der Waals surface area contributed by atoms with Crippen molar-refractivity contribution in [1.82, 2.24) is 0 Å². The third-order valence-corrected chi connectivity index (χ3v) is 5.97. The van der Waals surface area contributed by atoms with Crippen LogP contribution in [0.5, 0.6) is 0 Å². The highest BCUT2D eigenvalue weighted by Gasteiger charge is 2.38. The summed E-state index contributed by atoms with van der Waals surface area (Å²) in [5.41, 5.74) is 7.17. The molecule has 0 aromatic carbocycles. The van der Waals surface area contributed by atoms with Gasteiger partial charge in [0, 0.05) is 0 Å². The van der Waals surface area contributed by atoms with Crippen LogP contribution >= 0.6 is 0 Å². The average molecular weight is 282 g/mol. The molecule has 1 aliphatic rings. The first-order chi connectivity index (χ1) is 9.37. The Balaban J connectivity index is 2.57. The summed E-state index contributed by atoms with van der Waals surface area (Å²) >= 11 is 0. The summed E-state index contributed by atoms with van der Waals surface area (Å²) in [6.07, 6.45) is 12.4. The van der Waals surface area contributed by atoms with E-state index in [1.807, 2.05) is 0 Å². The van der Waals surface area contributed by atoms with Crippen LogP contribution in [-0.4, -0.2) is 6.54 Å². The maximum atomic E-state index is 6.22. The molecule has 1 aliphatic carbocycles. The predicted molar refractivity (Wildman–Crippen MR) is 90.8 cm³/mol. The van der Waals surface area contributed by atoms with Gasteiger partial charge in [0.2, 0.25) is 0 Å². The van der Waals surface area contributed by atoms with E-state index in [-0.39, 0.29) is 0 Å². The Bertz CT molecular complexity index is 255. The molecule has 1 rings (SSSR count). The summed E-state index contributed by atoms with van der Waals surface area (Å²) in [6, 6.07) is 0. The van der Waals surface area contributed by atoms with E-state index in [9.17, 15) is 0 Å². The van der Waals surface area contributed by atoms with Crippen LogP contribution in [0.3, 0.4) is 0 Å². The Labute approximate surface area is 128 Å². The quantitative estimate of drug-likeness (QED) is 0.629. The van der Waals surface area contributed by atoms with Crippen LogP contribution in [0.15, 0.2) is 0 Å². The standard InChI is InChI=1S/C19H39N/c1-6-8-9-16(7-2)14-19(15-20)12-10-17(11-13-19)18(3,4)5/h16-17H,6-15,20H2,1-5H3. The predicted octanol–water partition coefficient (Wildman–Crippen LogP) is 5.77. The number of hydrogen-bond acceptors (Lipinski definition) is 1. The van der Waals surface area contributed by atoms with E-state index in [1.165, 1.54) is 57.8 Å². The van der Waals surface area contributed by atoms with Crippen LogP contribution in [0.2, 0.25) is 0 Å². The van der Waals surface area contributed by atoms with Crippen molar-refractivity contribution in [1.29, 1.82) is 0 Å². The van der Waals surface area contributed by atoms with Crippen LogP contribution in [0.25, 0.3) is 0 Å². The van der Waals surface area contributed by atoms with Crippen molar-refractivity contribution in [2.75, 3.05) is 6.54 Å². The third-order valence-electron chi connectivity index (χ3n) is 5.97. The minimum atomic E-state index is 0.468. The molecule has 0 aromatic heterocycles. The van der Waals surface area contributed by atoms with Gasteiger partial charge in [0.25, 0.3) is 0 Å². The molecule has 120 valence electrons. The van der Waals surface area contributed by atoms with Crippen LogP contribution in [0.1, 0.15) is 92.4 Å². The molecule has 0 amide bonds. The van der Waals surface area contributed by atoms with Crippen molar-refractivity contribution in [3.05, 3.63) is 0 Å². The van der Waals surface area contributed by atoms with Crippen LogP contribution in [-0.2, 0) is 0 Å². The number of hydrogen-bond donors (Lipinski definition) is 1. The summed E-state index contributed by atoms with van der Waals surface area (Å²) in [6.45, 7) is 12.8. The molecule has 0 saturated heterocycles. The molecule has 1 nitrogen and oxygen atoms in total. The fraction of sp³-hybridized carbons (Fsp3) is 1.00. The second kappa shape index (κ2) is 7.82. The maximum Gasteiger partial charge on any atom is -0.00204 e. The molecule has 1 heteroatoms. The van der Waals surface area contributed by atoms with E-state index in [4.69, 9.17) is 5.73 Å². The lowest BCUT2D eigenvalue weighted by atomic mass is 9.61. The zero-order valence-corrected chi connectivity index (χ0v) is 14.8. The Morgan fingerprint density at radius 1 is 1.15 bits per heavy atom. The minimum Gasteiger partial charge on any atom is -0.330 e. The molecule has 0 radical (unpaired) electrons. The first-order valence-corrected chi connectivity index (χ1v) is 9.07. The fourth-order valence-electron chi connectivity index (χ4n) is 4.14. The molecule has 0 aliphatic heterocycles. The number of nitrogens with two attached hydrogens (primary N) is 1. The lowest BCUT2D eigenvalue weighted by molar-refractivity contribution is 0.0706. The van der Waals surface area contributed by atoms with E-state index in [1.54, 1.807) is 0 Å². The lowest BCUT2D eigenvalue weighted by Gasteiger charge is -2.45. The summed E-state index contributed by atoms with van der Waals surface area (Å²) in [5.74, 6) is 1.81. The monoisotopic (exact) mass is 281 g/mol. The first-order valence-electron chi connectivity index (χ1n) is 9.07. The first kappa shape index (κ1) is 18.0. The SMILES string of the molecule is CCCCC(CC)CC1(CN)CCC(C(C)(C)C)CC1. The van der Waals surface area contributed by atoms with Gasteiger partial charge in [0.15, 0.2) is 0 Å². The van der Waals surface area contributed by atoms with Gasteiger partial charge in [-0.25, -0.2) is 0 Å². The topological polar surface area (TPSA) is 26.0 Å². The van der Waals surface area contributed by atoms with Gasteiger partial charge >= 0.3 is 0 Å². The maximum absolute atomic E-state index is 6.22. The van der Waals surface area contributed by atoms with Crippen molar-refractivity contribution in [2.24, 2.45) is 28.4 Å². The molecule has 1 unspecified atom stereocenters. The highest BCUT2D eigenvalue weighted by atomic mass is 14.6. The summed E-state index contributed by atoms with van der Waals surface area (Å²) < 4.78 is 0. The normalized spacial score (nSPS) is 29.4. The van der Waals surface area contributed by atoms with Gasteiger partial charge in [0.05, 0.1) is 0 Å². The average Bonchev–Trinajstić information content (AvgIpc) is 2.43. The Hall–Kier alpha value is -0.0400. The molecular weight excluding hydrogens is 242 g/mol. The zero-order chi connectivity index (χ0) is 15.2. The van der Waals surface area contributed by atoms with Crippen molar-refractivity contribution in [3.8, 4) is 0 Å². The Morgan fingerprint density at radius 2 is 1.75 bits per heavy atom. The van der Waals surface area contributed by atoms with Crippen LogP contribution in [0.4, 0.5) is 0 Å². The van der Waals surface area contributed by atoms with E-state index >= 15 is 0 Å². The van der Waals surface area contributed by atoms with Gasteiger partial charge in [-0.2, -0.15) is 0 Å². The molecular formula is C19H39N. The molecule has 1 saturated carbocycles. The highest BCUT2D eigenvalue weighted by Crippen LogP contribution is 2.48. The highest BCUT2D eigenvalue weighted by molar-refractivity contribution is 4.91. The summed E-state index contributed by atoms with van der Waals surface area (Å²) in [7, 11) is 0. The van der Waals surface area contributed by atoms with Gasteiger partial charge in [-0.05, 0) is 61.3 Å². The second-order valence-corrected chi connectivity index (χ2v) is 8.47. The van der Waals surface area contributed by atoms with Crippen LogP contribution < -0.4 is 5.73 Å². The summed E-state index contributed by atoms with van der Waals surface area (Å²) in [5, 5.41) is 0. The van der Waals surface area contributed by atoms with Crippen LogP contribution in [0, 0.1) is 22.7 Å². The van der Waals surface area contributed by atoms with E-state index in [0.29, 0.717) is 10.8 Å². The molecule has 0 heterocycles. The third kappa shape index (κ3) is 5.06. The summed E-state index contributed by atoms with van der Waals surface area (Å²) in [4.78, 5) is 0. The van der Waals surface area contributed by atoms with Crippen molar-refractivity contribution in [2.45, 2.75) is 92.4 Å². The zero-order valence-electron chi connectivity index (χ0n) is 14.8. The molecule has 2 N–H and O–H groups in total. The number of unbranched alkanes of at least 4 members (excludes halogenated alkanes) is 1. The molecule has 1 atom stereocenters. The van der Waals surface area contributed by atoms with E-state index < -0.39 is 0 Å². The molecule has 20 heavy (non-hydrogen) atoms. The van der Waals surface area contributed by atoms with Gasteiger partial charge < -0.3 is 5.73 Å². The van der Waals surface area contributed by atoms with Gasteiger partial charge in [-0.15, -0.1) is 0 Å². The largest absolute Gasteiger partial charge is 0.330 e. The van der Waals surface area contributed by atoms with Gasteiger partial charge in [0.1, 0.15) is 0 Å². The Morgan fingerprint density at radius 3 is 2.15 bits per heavy atom. The molecule has 1 fully saturated rings. The lowest BCUT2D eigenvalue weighted by Crippen LogP contribution is -2.39. The fourth-order valence-corrected chi connectivity index (χ4v) is 4.14. The van der Waals surface area contributed by atoms with Crippen molar-refractivity contribution < 1.29 is 0 Å². The minimum absolute atomic E-state index is 0.468. The Kier molecular flexibility index (Phi) is 7.04. The molecule has 0 aromatic rings. The van der Waals surface area contributed by atoms with E-state index in [2.05, 4.69) is 34.6 Å². The number of rotatable bonds is 7. The molecule has 0 bridgehead atoms. The van der Waals surface area contributed by atoms with Gasteiger partial charge in [-0.3, -0.25) is 0 Å². The molecule has 0 spiro atoms.